The highest BCUT2D eigenvalue weighted by molar-refractivity contribution is 7.20. The molecule has 2 rings (SSSR count). The molecule has 40 heavy (non-hydrogen) atoms. The number of nitrogens with two attached hydrogens (primary N) is 1. The van der Waals surface area contributed by atoms with Crippen molar-refractivity contribution in [3.05, 3.63) is 29.3 Å². The lowest BCUT2D eigenvalue weighted by Gasteiger charge is -2.19. The first kappa shape index (κ1) is 31.6. The summed E-state index contributed by atoms with van der Waals surface area (Å²) in [6.45, 7) is 0.518. The van der Waals surface area contributed by atoms with E-state index in [1.165, 1.54) is 18.3 Å². The molecule has 1 aromatic carbocycles. The van der Waals surface area contributed by atoms with Gasteiger partial charge in [-0.25, -0.2) is 4.98 Å². The van der Waals surface area contributed by atoms with E-state index < -0.39 is 67.0 Å². The van der Waals surface area contributed by atoms with Gasteiger partial charge in [-0.1, -0.05) is 12.1 Å². The molecule has 9 N–H and O–H groups in total. The van der Waals surface area contributed by atoms with E-state index in [1.807, 2.05) is 12.1 Å². The molecule has 0 aliphatic heterocycles. The van der Waals surface area contributed by atoms with Crippen LogP contribution >= 0.6 is 11.3 Å². The Kier molecular flexibility index (Phi) is 12.4. The molecule has 0 aliphatic carbocycles. The van der Waals surface area contributed by atoms with Gasteiger partial charge in [0.15, 0.2) is 11.0 Å². The fourth-order valence-corrected chi connectivity index (χ4v) is 4.41. The maximum absolute atomic E-state index is 13.2. The summed E-state index contributed by atoms with van der Waals surface area (Å²) in [5, 5.41) is 28.5. The summed E-state index contributed by atoms with van der Waals surface area (Å²) in [5.74, 6) is -4.55. The third-order valence-electron chi connectivity index (χ3n) is 5.36. The summed E-state index contributed by atoms with van der Waals surface area (Å²) in [4.78, 5) is 76.9. The van der Waals surface area contributed by atoms with Gasteiger partial charge in [0.25, 0.3) is 0 Å². The van der Waals surface area contributed by atoms with E-state index in [0.717, 1.165) is 4.70 Å². The van der Waals surface area contributed by atoms with Gasteiger partial charge < -0.3 is 37.4 Å². The number of hydrogen-bond donors (Lipinski definition) is 8. The average molecular weight is 577 g/mol. The zero-order valence-corrected chi connectivity index (χ0v) is 22.6. The molecule has 1 heterocycles. The Labute approximate surface area is 233 Å². The Morgan fingerprint density at radius 2 is 1.62 bits per heavy atom. The fourth-order valence-electron chi connectivity index (χ4n) is 3.45. The third kappa shape index (κ3) is 11.0. The molecule has 0 unspecified atom stereocenters. The van der Waals surface area contributed by atoms with Crippen molar-refractivity contribution in [2.75, 3.05) is 19.6 Å². The average Bonchev–Trinajstić information content (AvgIpc) is 3.34. The minimum absolute atomic E-state index is 0.190. The molecule has 0 saturated carbocycles. The monoisotopic (exact) mass is 576 g/mol. The first-order valence-electron chi connectivity index (χ1n) is 12.3. The number of carbonyl (C=O) groups is 6. The van der Waals surface area contributed by atoms with E-state index in [0.29, 0.717) is 11.9 Å². The van der Waals surface area contributed by atoms with Crippen LogP contribution in [0, 0.1) is 5.41 Å². The van der Waals surface area contributed by atoms with Gasteiger partial charge in [0, 0.05) is 19.9 Å². The van der Waals surface area contributed by atoms with Gasteiger partial charge >= 0.3 is 5.97 Å². The van der Waals surface area contributed by atoms with Crippen molar-refractivity contribution < 1.29 is 33.9 Å². The molecular weight excluding hydrogens is 544 g/mol. The molecule has 1 aromatic heterocycles. The largest absolute Gasteiger partial charge is 0.481 e. The predicted octanol–water partition coefficient (Wildman–Crippen LogP) is -1.17. The van der Waals surface area contributed by atoms with Crippen molar-refractivity contribution >= 4 is 62.9 Å². The van der Waals surface area contributed by atoms with Crippen LogP contribution in [0.5, 0.6) is 0 Å². The second kappa shape index (κ2) is 15.7. The third-order valence-corrected chi connectivity index (χ3v) is 6.41. The van der Waals surface area contributed by atoms with Crippen molar-refractivity contribution in [1.82, 2.24) is 31.6 Å². The maximum Gasteiger partial charge on any atom is 0.303 e. The Morgan fingerprint density at radius 1 is 0.975 bits per heavy atom. The highest BCUT2D eigenvalue weighted by atomic mass is 32.1. The number of nitrogens with one attached hydrogen (secondary N) is 6. The van der Waals surface area contributed by atoms with Crippen LogP contribution in [0.1, 0.15) is 42.4 Å². The number of Topliss-reactive ketones (excluding diaryl/α,β-unsaturated/α-hetero) is 1. The number of amides is 4. The summed E-state index contributed by atoms with van der Waals surface area (Å²) in [6, 6.07) is 4.92. The zero-order chi connectivity index (χ0) is 29.7. The SMILES string of the molecule is CC(=O)NCC(=O)N[C@@H](CCC(=O)O)C(=O)NCC(=O)N[C@@H](CCCNC(=N)N)C(=O)c1nc2ccccc2s1. The van der Waals surface area contributed by atoms with E-state index in [9.17, 15) is 28.8 Å². The first-order valence-corrected chi connectivity index (χ1v) is 13.1. The molecule has 16 heteroatoms. The number of carboxylic acid groups (broad SMARTS) is 1. The number of aromatic nitrogens is 1. The number of rotatable bonds is 16. The van der Waals surface area contributed by atoms with Crippen LogP contribution in [0.15, 0.2) is 24.3 Å². The molecule has 0 radical (unpaired) electrons. The van der Waals surface area contributed by atoms with Crippen molar-refractivity contribution in [3.63, 3.8) is 0 Å². The summed E-state index contributed by atoms with van der Waals surface area (Å²) in [7, 11) is 0. The van der Waals surface area contributed by atoms with E-state index in [-0.39, 0.29) is 30.4 Å². The summed E-state index contributed by atoms with van der Waals surface area (Å²) in [6.07, 6.45) is -0.117. The molecule has 0 bridgehead atoms. The molecule has 0 aliphatic rings. The first-order chi connectivity index (χ1) is 19.0. The lowest BCUT2D eigenvalue weighted by molar-refractivity contribution is -0.138. The van der Waals surface area contributed by atoms with E-state index in [2.05, 4.69) is 31.6 Å². The van der Waals surface area contributed by atoms with Crippen LogP contribution in [0.25, 0.3) is 10.2 Å². The van der Waals surface area contributed by atoms with E-state index >= 15 is 0 Å². The smallest absolute Gasteiger partial charge is 0.303 e. The number of nitrogens with zero attached hydrogens (tertiary/aromatic N) is 1. The molecule has 216 valence electrons. The lowest BCUT2D eigenvalue weighted by Crippen LogP contribution is -2.52. The van der Waals surface area contributed by atoms with Crippen LogP contribution in [0.4, 0.5) is 0 Å². The Morgan fingerprint density at radius 3 is 2.25 bits per heavy atom. The van der Waals surface area contributed by atoms with Crippen LogP contribution in [-0.2, 0) is 24.0 Å². The lowest BCUT2D eigenvalue weighted by atomic mass is 10.1. The molecule has 2 aromatic rings. The van der Waals surface area contributed by atoms with E-state index in [1.54, 1.807) is 12.1 Å². The maximum atomic E-state index is 13.2. The van der Waals surface area contributed by atoms with Crippen molar-refractivity contribution in [1.29, 1.82) is 5.41 Å². The second-order valence-electron chi connectivity index (χ2n) is 8.63. The van der Waals surface area contributed by atoms with Crippen molar-refractivity contribution in [2.45, 2.75) is 44.7 Å². The standard InChI is InChI=1S/C24H32N8O7S/c1-13(33)28-11-18(34)31-16(8-9-20(36)37)22(39)29-12-19(35)30-15(6-4-10-27-24(25)26)21(38)23-32-14-5-2-3-7-17(14)40-23/h2-3,5,7,15-16H,4,6,8-12H2,1H3,(H,28,33)(H,29,39)(H,30,35)(H,31,34)(H,36,37)(H4,25,26,27)/t15-,16-/m0/s1. The van der Waals surface area contributed by atoms with Gasteiger partial charge in [0.2, 0.25) is 29.4 Å². The Balaban J connectivity index is 2.04. The van der Waals surface area contributed by atoms with Crippen molar-refractivity contribution in [2.24, 2.45) is 5.73 Å². The number of fused-ring (bicyclic) bond motifs is 1. The Hall–Kier alpha value is -4.60. The quantitative estimate of drug-likeness (QED) is 0.0515. The van der Waals surface area contributed by atoms with Crippen LogP contribution < -0.4 is 32.3 Å². The number of carboxylic acids is 1. The van der Waals surface area contributed by atoms with Gasteiger partial charge in [-0.05, 0) is 31.4 Å². The summed E-state index contributed by atoms with van der Waals surface area (Å²) < 4.78 is 0.800. The van der Waals surface area contributed by atoms with Gasteiger partial charge in [0.1, 0.15) is 6.04 Å². The Bertz CT molecular complexity index is 1230. The second-order valence-corrected chi connectivity index (χ2v) is 9.66. The van der Waals surface area contributed by atoms with Gasteiger partial charge in [-0.15, -0.1) is 11.3 Å². The molecule has 0 saturated heterocycles. The normalized spacial score (nSPS) is 12.0. The molecular formula is C24H32N8O7S. The minimum atomic E-state index is -1.28. The highest BCUT2D eigenvalue weighted by Crippen LogP contribution is 2.23. The number of thiazole rings is 1. The summed E-state index contributed by atoms with van der Waals surface area (Å²) in [5.41, 5.74) is 5.92. The fraction of sp³-hybridized carbons (Fsp3) is 0.417. The van der Waals surface area contributed by atoms with Gasteiger partial charge in [-0.3, -0.25) is 34.2 Å². The minimum Gasteiger partial charge on any atom is -0.481 e. The molecule has 4 amide bonds. The molecule has 0 fully saturated rings. The number of guanidine groups is 1. The van der Waals surface area contributed by atoms with Crippen LogP contribution in [0.2, 0.25) is 0 Å². The predicted molar refractivity (Wildman–Crippen MR) is 146 cm³/mol. The summed E-state index contributed by atoms with van der Waals surface area (Å²) >= 11 is 1.18. The highest BCUT2D eigenvalue weighted by Gasteiger charge is 2.26. The van der Waals surface area contributed by atoms with Crippen LogP contribution in [0.3, 0.4) is 0 Å². The van der Waals surface area contributed by atoms with E-state index in [4.69, 9.17) is 16.2 Å². The zero-order valence-electron chi connectivity index (χ0n) is 21.7. The van der Waals surface area contributed by atoms with Gasteiger partial charge in [0.05, 0.1) is 29.3 Å². The number of para-hydroxylation sites is 1. The molecule has 2 atom stereocenters. The number of hydrogen-bond acceptors (Lipinski definition) is 9. The van der Waals surface area contributed by atoms with Crippen LogP contribution in [-0.4, -0.2) is 83.1 Å². The topological polar surface area (TPSA) is 246 Å². The van der Waals surface area contributed by atoms with Gasteiger partial charge in [-0.2, -0.15) is 0 Å². The molecule has 15 nitrogen and oxygen atoms in total. The number of aliphatic carboxylic acids is 1. The number of carbonyl (C=O) groups excluding carboxylic acids is 5. The number of ketones is 1. The number of benzene rings is 1. The molecule has 0 spiro atoms. The van der Waals surface area contributed by atoms with Crippen molar-refractivity contribution in [3.8, 4) is 0 Å².